The second-order valence-electron chi connectivity index (χ2n) is 3.86. The van der Waals surface area contributed by atoms with Gasteiger partial charge in [0.05, 0.1) is 28.2 Å². The molecule has 0 spiro atoms. The number of nitrogens with zero attached hydrogens (tertiary/aromatic N) is 1. The van der Waals surface area contributed by atoms with Crippen LogP contribution in [0.5, 0.6) is 0 Å². The van der Waals surface area contributed by atoms with Crippen molar-refractivity contribution in [1.29, 1.82) is 5.26 Å². The molecule has 19 heavy (non-hydrogen) atoms. The zero-order valence-electron chi connectivity index (χ0n) is 9.77. The van der Waals surface area contributed by atoms with Crippen molar-refractivity contribution < 1.29 is 13.0 Å². The number of halogens is 2. The molecular weight excluding hydrogens is 268 g/mol. The van der Waals surface area contributed by atoms with Crippen LogP contribution in [0, 0.1) is 23.0 Å². The minimum atomic E-state index is -1.45. The lowest BCUT2D eigenvalue weighted by Gasteiger charge is -2.04. The van der Waals surface area contributed by atoms with Crippen molar-refractivity contribution in [3.05, 3.63) is 65.2 Å². The second-order valence-corrected chi connectivity index (χ2v) is 5.31. The van der Waals surface area contributed by atoms with Crippen LogP contribution in [0.2, 0.25) is 0 Å². The van der Waals surface area contributed by atoms with E-state index in [9.17, 15) is 13.0 Å². The van der Waals surface area contributed by atoms with E-state index < -0.39 is 22.4 Å². The van der Waals surface area contributed by atoms with E-state index in [0.29, 0.717) is 4.90 Å². The summed E-state index contributed by atoms with van der Waals surface area (Å²) in [7, 11) is -1.45. The van der Waals surface area contributed by atoms with Gasteiger partial charge < -0.3 is 0 Å². The maximum atomic E-state index is 13.6. The normalized spacial score (nSPS) is 11.8. The van der Waals surface area contributed by atoms with Gasteiger partial charge in [-0.1, -0.05) is 6.07 Å². The molecule has 2 aromatic carbocycles. The van der Waals surface area contributed by atoms with Gasteiger partial charge in [-0.2, -0.15) is 5.26 Å². The summed E-state index contributed by atoms with van der Waals surface area (Å²) in [4.78, 5) is 0.435. The van der Waals surface area contributed by atoms with Crippen LogP contribution in [0.3, 0.4) is 0 Å². The lowest BCUT2D eigenvalue weighted by molar-refractivity contribution is 0.614. The summed E-state index contributed by atoms with van der Waals surface area (Å²) in [6, 6.07) is 11.1. The first-order valence-electron chi connectivity index (χ1n) is 5.42. The first-order chi connectivity index (χ1) is 9.10. The Hall–Kier alpha value is -2.06. The monoisotopic (exact) mass is 277 g/mol. The number of benzene rings is 2. The fourth-order valence-corrected chi connectivity index (χ4v) is 2.67. The van der Waals surface area contributed by atoms with Gasteiger partial charge in [-0.3, -0.25) is 4.21 Å². The minimum absolute atomic E-state index is 0.0107. The molecule has 0 aliphatic heterocycles. The van der Waals surface area contributed by atoms with Crippen molar-refractivity contribution in [2.75, 3.05) is 0 Å². The molecule has 5 heteroatoms. The summed E-state index contributed by atoms with van der Waals surface area (Å²) < 4.78 is 38.4. The first kappa shape index (κ1) is 13.4. The highest BCUT2D eigenvalue weighted by molar-refractivity contribution is 7.84. The maximum Gasteiger partial charge on any atom is 0.128 e. The van der Waals surface area contributed by atoms with E-state index >= 15 is 0 Å². The van der Waals surface area contributed by atoms with Gasteiger partial charge in [0.1, 0.15) is 11.6 Å². The van der Waals surface area contributed by atoms with Crippen molar-refractivity contribution in [3.63, 3.8) is 0 Å². The molecule has 1 atom stereocenters. The largest absolute Gasteiger partial charge is 0.254 e. The highest BCUT2D eigenvalue weighted by Crippen LogP contribution is 2.16. The quantitative estimate of drug-likeness (QED) is 0.864. The Morgan fingerprint density at radius 3 is 2.37 bits per heavy atom. The van der Waals surface area contributed by atoms with Crippen LogP contribution in [0.1, 0.15) is 11.1 Å². The summed E-state index contributed by atoms with van der Waals surface area (Å²) in [6.45, 7) is 0. The number of nitriles is 1. The van der Waals surface area contributed by atoms with E-state index in [1.807, 2.05) is 6.07 Å². The SMILES string of the molecule is N#Cc1ccc(CS(=O)c2ccc(F)cc2)c(F)c1. The minimum Gasteiger partial charge on any atom is -0.254 e. The van der Waals surface area contributed by atoms with Gasteiger partial charge in [-0.05, 0) is 36.4 Å². The molecule has 0 aliphatic carbocycles. The highest BCUT2D eigenvalue weighted by Gasteiger charge is 2.10. The molecule has 0 fully saturated rings. The summed E-state index contributed by atoms with van der Waals surface area (Å²) >= 11 is 0. The van der Waals surface area contributed by atoms with E-state index in [0.717, 1.165) is 6.07 Å². The molecular formula is C14H9F2NOS. The third kappa shape index (κ3) is 3.24. The Kier molecular flexibility index (Phi) is 4.03. The van der Waals surface area contributed by atoms with Crippen LogP contribution in [-0.4, -0.2) is 4.21 Å². The standard InChI is InChI=1S/C14H9F2NOS/c15-12-3-5-13(6-4-12)19(18)9-11-2-1-10(8-17)7-14(11)16/h1-7H,9H2. The lowest BCUT2D eigenvalue weighted by atomic mass is 10.1. The summed E-state index contributed by atoms with van der Waals surface area (Å²) in [5.74, 6) is -0.983. The van der Waals surface area contributed by atoms with Crippen LogP contribution in [0.25, 0.3) is 0 Å². The molecule has 0 aliphatic rings. The molecule has 2 rings (SSSR count). The fourth-order valence-electron chi connectivity index (χ4n) is 1.54. The number of hydrogen-bond acceptors (Lipinski definition) is 2. The van der Waals surface area contributed by atoms with Crippen molar-refractivity contribution in [1.82, 2.24) is 0 Å². The van der Waals surface area contributed by atoms with Crippen LogP contribution in [-0.2, 0) is 16.6 Å². The molecule has 0 saturated heterocycles. The van der Waals surface area contributed by atoms with E-state index in [4.69, 9.17) is 5.26 Å². The molecule has 0 aromatic heterocycles. The molecule has 0 saturated carbocycles. The summed E-state index contributed by atoms with van der Waals surface area (Å²) in [5.41, 5.74) is 0.482. The van der Waals surface area contributed by atoms with Gasteiger partial charge in [0.25, 0.3) is 0 Å². The predicted octanol–water partition coefficient (Wildman–Crippen LogP) is 3.14. The van der Waals surface area contributed by atoms with Gasteiger partial charge in [-0.25, -0.2) is 8.78 Å². The molecule has 96 valence electrons. The Morgan fingerprint density at radius 2 is 1.79 bits per heavy atom. The van der Waals surface area contributed by atoms with E-state index in [1.165, 1.54) is 36.4 Å². The summed E-state index contributed by atoms with van der Waals surface area (Å²) in [6.07, 6.45) is 0. The Morgan fingerprint density at radius 1 is 1.11 bits per heavy atom. The zero-order valence-corrected chi connectivity index (χ0v) is 10.6. The Balaban J connectivity index is 2.20. The predicted molar refractivity (Wildman–Crippen MR) is 67.6 cm³/mol. The van der Waals surface area contributed by atoms with Crippen molar-refractivity contribution in [2.24, 2.45) is 0 Å². The Labute approximate surface area is 111 Å². The molecule has 1 unspecified atom stereocenters. The fraction of sp³-hybridized carbons (Fsp3) is 0.0714. The average Bonchev–Trinajstić information content (AvgIpc) is 2.41. The van der Waals surface area contributed by atoms with Crippen molar-refractivity contribution >= 4 is 10.8 Å². The molecule has 0 N–H and O–H groups in total. The number of hydrogen-bond donors (Lipinski definition) is 0. The molecule has 2 aromatic rings. The molecule has 0 amide bonds. The number of rotatable bonds is 3. The second kappa shape index (κ2) is 5.72. The molecule has 0 bridgehead atoms. The zero-order chi connectivity index (χ0) is 13.8. The lowest BCUT2D eigenvalue weighted by Crippen LogP contribution is -1.99. The maximum absolute atomic E-state index is 13.6. The van der Waals surface area contributed by atoms with Gasteiger partial charge in [0.2, 0.25) is 0 Å². The van der Waals surface area contributed by atoms with Gasteiger partial charge in [0.15, 0.2) is 0 Å². The van der Waals surface area contributed by atoms with Gasteiger partial charge >= 0.3 is 0 Å². The third-order valence-corrected chi connectivity index (χ3v) is 3.92. The first-order valence-corrected chi connectivity index (χ1v) is 6.74. The highest BCUT2D eigenvalue weighted by atomic mass is 32.2. The Bertz CT molecular complexity index is 662. The smallest absolute Gasteiger partial charge is 0.128 e. The van der Waals surface area contributed by atoms with Crippen molar-refractivity contribution in [2.45, 2.75) is 10.6 Å². The van der Waals surface area contributed by atoms with Crippen LogP contribution in [0.4, 0.5) is 8.78 Å². The van der Waals surface area contributed by atoms with E-state index in [-0.39, 0.29) is 16.9 Å². The molecule has 2 nitrogen and oxygen atoms in total. The van der Waals surface area contributed by atoms with Crippen LogP contribution in [0.15, 0.2) is 47.4 Å². The topological polar surface area (TPSA) is 40.9 Å². The van der Waals surface area contributed by atoms with Crippen LogP contribution < -0.4 is 0 Å². The van der Waals surface area contributed by atoms with Gasteiger partial charge in [-0.15, -0.1) is 0 Å². The summed E-state index contributed by atoms with van der Waals surface area (Å²) in [5, 5.41) is 8.63. The average molecular weight is 277 g/mol. The van der Waals surface area contributed by atoms with Crippen molar-refractivity contribution in [3.8, 4) is 6.07 Å². The third-order valence-electron chi connectivity index (χ3n) is 2.55. The molecule has 0 radical (unpaired) electrons. The van der Waals surface area contributed by atoms with E-state index in [2.05, 4.69) is 0 Å². The van der Waals surface area contributed by atoms with Gasteiger partial charge in [0, 0.05) is 10.5 Å². The molecule has 0 heterocycles. The van der Waals surface area contributed by atoms with Crippen LogP contribution >= 0.6 is 0 Å². The van der Waals surface area contributed by atoms with E-state index in [1.54, 1.807) is 0 Å².